The van der Waals surface area contributed by atoms with E-state index in [0.717, 1.165) is 5.69 Å². The first-order chi connectivity index (χ1) is 17.4. The lowest BCUT2D eigenvalue weighted by Crippen LogP contribution is -2.48. The summed E-state index contributed by atoms with van der Waals surface area (Å²) in [5.41, 5.74) is 2.25. The molecule has 2 aliphatic rings. The second-order valence-corrected chi connectivity index (χ2v) is 9.97. The van der Waals surface area contributed by atoms with E-state index in [1.807, 2.05) is 6.92 Å². The van der Waals surface area contributed by atoms with Gasteiger partial charge in [0.2, 0.25) is 0 Å². The van der Waals surface area contributed by atoms with Crippen molar-refractivity contribution in [3.63, 3.8) is 0 Å². The van der Waals surface area contributed by atoms with E-state index in [2.05, 4.69) is 4.90 Å². The zero-order valence-corrected chi connectivity index (χ0v) is 20.4. The van der Waals surface area contributed by atoms with Crippen molar-refractivity contribution >= 4 is 39.7 Å². The Morgan fingerprint density at radius 1 is 0.972 bits per heavy atom. The van der Waals surface area contributed by atoms with Crippen molar-refractivity contribution in [3.8, 4) is 0 Å². The molecular weight excluding hydrogens is 480 g/mol. The van der Waals surface area contributed by atoms with Gasteiger partial charge in [0.1, 0.15) is 0 Å². The number of carbonyl (C=O) groups is 2. The molecule has 184 valence electrons. The van der Waals surface area contributed by atoms with Crippen LogP contribution in [0.2, 0.25) is 0 Å². The second kappa shape index (κ2) is 9.54. The van der Waals surface area contributed by atoms with Crippen LogP contribution in [0, 0.1) is 10.1 Å². The van der Waals surface area contributed by atoms with E-state index in [-0.39, 0.29) is 17.5 Å². The van der Waals surface area contributed by atoms with Gasteiger partial charge in [-0.05, 0) is 49.4 Å². The highest BCUT2D eigenvalue weighted by molar-refractivity contribution is 7.85. The van der Waals surface area contributed by atoms with Crippen LogP contribution in [0.1, 0.15) is 27.6 Å². The standard InChI is InChI=1S/C26H24N4O5S/c1-2-29-22-17-18(7-12-24(22)36(35)23-6-4-3-5-21(23)26(29)32)25(31)28-15-13-27(14-16-28)19-8-10-20(11-9-19)30(33)34/h3-12,17H,2,13-16H2,1H3/t36-/m0/s1. The van der Waals surface area contributed by atoms with Crippen LogP contribution in [0.3, 0.4) is 0 Å². The number of fused-ring (bicyclic) bond motifs is 2. The average molecular weight is 505 g/mol. The molecule has 0 aliphatic carbocycles. The first kappa shape index (κ1) is 23.7. The lowest BCUT2D eigenvalue weighted by molar-refractivity contribution is -0.384. The molecule has 0 radical (unpaired) electrons. The highest BCUT2D eigenvalue weighted by Gasteiger charge is 2.31. The minimum Gasteiger partial charge on any atom is -0.368 e. The van der Waals surface area contributed by atoms with Crippen molar-refractivity contribution in [2.45, 2.75) is 16.7 Å². The summed E-state index contributed by atoms with van der Waals surface area (Å²) in [5.74, 6) is -0.390. The predicted octanol–water partition coefficient (Wildman–Crippen LogP) is 3.70. The molecule has 9 nitrogen and oxygen atoms in total. The van der Waals surface area contributed by atoms with Crippen molar-refractivity contribution < 1.29 is 18.7 Å². The van der Waals surface area contributed by atoms with Gasteiger partial charge < -0.3 is 14.7 Å². The van der Waals surface area contributed by atoms with Gasteiger partial charge in [0.05, 0.1) is 36.8 Å². The summed E-state index contributed by atoms with van der Waals surface area (Å²) >= 11 is 0. The molecule has 36 heavy (non-hydrogen) atoms. The minimum absolute atomic E-state index is 0.0411. The maximum atomic E-state index is 13.4. The fraction of sp³-hybridized carbons (Fsp3) is 0.231. The second-order valence-electron chi connectivity index (χ2n) is 8.55. The normalized spacial score (nSPS) is 17.3. The number of nitrogens with zero attached hydrogens (tertiary/aromatic N) is 4. The van der Waals surface area contributed by atoms with Gasteiger partial charge in [0, 0.05) is 56.1 Å². The highest BCUT2D eigenvalue weighted by Crippen LogP contribution is 2.35. The topological polar surface area (TPSA) is 104 Å². The lowest BCUT2D eigenvalue weighted by atomic mass is 10.1. The van der Waals surface area contributed by atoms with E-state index in [4.69, 9.17) is 0 Å². The number of nitro groups is 1. The molecule has 1 saturated heterocycles. The Morgan fingerprint density at radius 3 is 2.33 bits per heavy atom. The molecule has 0 saturated carbocycles. The summed E-state index contributed by atoms with van der Waals surface area (Å²) in [5, 5.41) is 10.9. The number of hydrogen-bond acceptors (Lipinski definition) is 6. The smallest absolute Gasteiger partial charge is 0.269 e. The van der Waals surface area contributed by atoms with Gasteiger partial charge in [-0.2, -0.15) is 0 Å². The Kier molecular flexibility index (Phi) is 6.27. The maximum absolute atomic E-state index is 13.4. The SMILES string of the molecule is CCN1C(=O)c2ccccc2[S@](=O)c2ccc(C(=O)N3CCN(c4ccc([N+](=O)[O-])cc4)CC3)cc21. The number of anilines is 2. The van der Waals surface area contributed by atoms with Crippen molar-refractivity contribution in [3.05, 3.63) is 88.0 Å². The number of non-ortho nitro benzene ring substituents is 1. The number of carbonyl (C=O) groups excluding carboxylic acids is 2. The Bertz CT molecular complexity index is 1380. The first-order valence-corrected chi connectivity index (χ1v) is 12.8. The van der Waals surface area contributed by atoms with E-state index in [1.165, 1.54) is 12.1 Å². The van der Waals surface area contributed by atoms with Crippen LogP contribution < -0.4 is 9.80 Å². The van der Waals surface area contributed by atoms with Crippen molar-refractivity contribution in [2.75, 3.05) is 42.5 Å². The summed E-state index contributed by atoms with van der Waals surface area (Å²) in [6.45, 7) is 4.38. The molecule has 1 atom stereocenters. The molecule has 0 bridgehead atoms. The minimum atomic E-state index is -1.54. The van der Waals surface area contributed by atoms with Gasteiger partial charge in [-0.1, -0.05) is 12.1 Å². The Labute approximate surface area is 210 Å². The van der Waals surface area contributed by atoms with Crippen molar-refractivity contribution in [2.24, 2.45) is 0 Å². The summed E-state index contributed by atoms with van der Waals surface area (Å²) in [4.78, 5) is 43.5. The molecule has 0 spiro atoms. The van der Waals surface area contributed by atoms with Gasteiger partial charge in [0.25, 0.3) is 17.5 Å². The van der Waals surface area contributed by atoms with Crippen LogP contribution in [0.15, 0.2) is 76.5 Å². The lowest BCUT2D eigenvalue weighted by Gasteiger charge is -2.36. The van der Waals surface area contributed by atoms with Crippen LogP contribution in [0.25, 0.3) is 0 Å². The molecule has 5 rings (SSSR count). The Balaban J connectivity index is 1.36. The number of piperazine rings is 1. The third-order valence-corrected chi connectivity index (χ3v) is 8.07. The monoisotopic (exact) mass is 504 g/mol. The number of amides is 2. The molecule has 1 fully saturated rings. The van der Waals surface area contributed by atoms with Crippen molar-refractivity contribution in [1.29, 1.82) is 0 Å². The van der Waals surface area contributed by atoms with E-state index >= 15 is 0 Å². The van der Waals surface area contributed by atoms with Gasteiger partial charge in [0.15, 0.2) is 0 Å². The largest absolute Gasteiger partial charge is 0.368 e. The van der Waals surface area contributed by atoms with Crippen LogP contribution in [0.5, 0.6) is 0 Å². The molecular formula is C26H24N4O5S. The molecule has 2 amide bonds. The Morgan fingerprint density at radius 2 is 1.67 bits per heavy atom. The quantitative estimate of drug-likeness (QED) is 0.396. The summed E-state index contributed by atoms with van der Waals surface area (Å²) < 4.78 is 13.3. The Hall–Kier alpha value is -4.05. The molecule has 3 aromatic carbocycles. The predicted molar refractivity (Wildman–Crippen MR) is 136 cm³/mol. The molecule has 2 aliphatic heterocycles. The average Bonchev–Trinajstić information content (AvgIpc) is 3.00. The number of rotatable bonds is 4. The number of benzene rings is 3. The van der Waals surface area contributed by atoms with E-state index in [9.17, 15) is 23.9 Å². The molecule has 0 N–H and O–H groups in total. The molecule has 0 aromatic heterocycles. The van der Waals surface area contributed by atoms with E-state index in [1.54, 1.807) is 64.4 Å². The van der Waals surface area contributed by atoms with Gasteiger partial charge in [-0.25, -0.2) is 4.21 Å². The van der Waals surface area contributed by atoms with E-state index < -0.39 is 15.7 Å². The summed E-state index contributed by atoms with van der Waals surface area (Å²) in [6.07, 6.45) is 0. The van der Waals surface area contributed by atoms with Crippen molar-refractivity contribution in [1.82, 2.24) is 4.90 Å². The van der Waals surface area contributed by atoms with Gasteiger partial charge >= 0.3 is 0 Å². The maximum Gasteiger partial charge on any atom is 0.269 e. The van der Waals surface area contributed by atoms with Crippen LogP contribution >= 0.6 is 0 Å². The summed E-state index contributed by atoms with van der Waals surface area (Å²) in [7, 11) is -1.54. The molecule has 0 unspecified atom stereocenters. The molecule has 3 aromatic rings. The zero-order chi connectivity index (χ0) is 25.4. The third kappa shape index (κ3) is 4.13. The van der Waals surface area contributed by atoms with Gasteiger partial charge in [-0.3, -0.25) is 19.7 Å². The van der Waals surface area contributed by atoms with Gasteiger partial charge in [-0.15, -0.1) is 0 Å². The van der Waals surface area contributed by atoms with Crippen LogP contribution in [-0.4, -0.2) is 58.6 Å². The number of hydrogen-bond donors (Lipinski definition) is 0. The van der Waals surface area contributed by atoms with Crippen LogP contribution in [-0.2, 0) is 10.8 Å². The number of nitro benzene ring substituents is 1. The van der Waals surface area contributed by atoms with Crippen LogP contribution in [0.4, 0.5) is 17.1 Å². The molecule has 10 heteroatoms. The van der Waals surface area contributed by atoms with E-state index in [0.29, 0.717) is 59.3 Å². The fourth-order valence-corrected chi connectivity index (χ4v) is 5.99. The molecule has 2 heterocycles. The fourth-order valence-electron chi connectivity index (χ4n) is 4.65. The summed E-state index contributed by atoms with van der Waals surface area (Å²) in [6, 6.07) is 18.3. The highest BCUT2D eigenvalue weighted by atomic mass is 32.2. The third-order valence-electron chi connectivity index (χ3n) is 6.57. The first-order valence-electron chi connectivity index (χ1n) is 11.6. The zero-order valence-electron chi connectivity index (χ0n) is 19.6.